The summed E-state index contributed by atoms with van der Waals surface area (Å²) in [7, 11) is 3.10. The third-order valence-electron chi connectivity index (χ3n) is 6.95. The molecule has 1 aromatic heterocycles. The summed E-state index contributed by atoms with van der Waals surface area (Å²) in [6.07, 6.45) is 4.66. The molecule has 1 fully saturated rings. The molecule has 0 atom stereocenters. The normalized spacial score (nSPS) is 15.4. The van der Waals surface area contributed by atoms with Crippen molar-refractivity contribution in [3.63, 3.8) is 0 Å². The largest absolute Gasteiger partial charge is 0.497 e. The Bertz CT molecular complexity index is 1440. The molecule has 1 saturated heterocycles. The quantitative estimate of drug-likeness (QED) is 0.460. The summed E-state index contributed by atoms with van der Waals surface area (Å²) in [6.45, 7) is 0.963. The zero-order chi connectivity index (χ0) is 27.0. The smallest absolute Gasteiger partial charge is 0.277 e. The van der Waals surface area contributed by atoms with Gasteiger partial charge in [-0.15, -0.1) is 11.8 Å². The van der Waals surface area contributed by atoms with Gasteiger partial charge in [-0.05, 0) is 49.8 Å². The lowest BCUT2D eigenvalue weighted by molar-refractivity contribution is -0.119. The fourth-order valence-corrected chi connectivity index (χ4v) is 5.62. The Hall–Kier alpha value is -3.99. The predicted octanol–water partition coefficient (Wildman–Crippen LogP) is 3.43. The van der Waals surface area contributed by atoms with Crippen molar-refractivity contribution < 1.29 is 23.9 Å². The molecular weight excluding hydrogens is 506 g/mol. The Morgan fingerprint density at radius 2 is 1.79 bits per heavy atom. The van der Waals surface area contributed by atoms with Crippen molar-refractivity contribution in [1.29, 1.82) is 0 Å². The molecular formula is C27H29N5O5S. The number of primary amides is 1. The van der Waals surface area contributed by atoms with E-state index in [0.29, 0.717) is 54.4 Å². The van der Waals surface area contributed by atoms with Gasteiger partial charge in [0.15, 0.2) is 5.69 Å². The van der Waals surface area contributed by atoms with E-state index in [4.69, 9.17) is 15.2 Å². The molecule has 2 N–H and O–H groups in total. The Labute approximate surface area is 224 Å². The highest BCUT2D eigenvalue weighted by atomic mass is 32.2. The second-order valence-electron chi connectivity index (χ2n) is 9.06. The number of carbonyl (C=O) groups is 3. The molecule has 0 unspecified atom stereocenters. The molecule has 38 heavy (non-hydrogen) atoms. The van der Waals surface area contributed by atoms with Gasteiger partial charge in [-0.3, -0.25) is 14.4 Å². The van der Waals surface area contributed by atoms with E-state index in [0.717, 1.165) is 23.4 Å². The number of thioether (sulfide) groups is 1. The van der Waals surface area contributed by atoms with Crippen LogP contribution in [0.2, 0.25) is 0 Å². The maximum absolute atomic E-state index is 14.1. The lowest BCUT2D eigenvalue weighted by Crippen LogP contribution is -2.39. The van der Waals surface area contributed by atoms with E-state index < -0.39 is 5.91 Å². The number of fused-ring (bicyclic) bond motifs is 1. The average Bonchev–Trinajstić information content (AvgIpc) is 3.34. The van der Waals surface area contributed by atoms with Crippen LogP contribution in [0.1, 0.15) is 45.8 Å². The van der Waals surface area contributed by atoms with Crippen LogP contribution in [0.25, 0.3) is 5.69 Å². The highest BCUT2D eigenvalue weighted by molar-refractivity contribution is 7.98. The SMILES string of the molecule is COc1ccc(SC)c(-n2nc(C(N)=O)c3c2C(=O)N(c2ccc(N4CCCCC4=O)cc2OC)CC3)c1. The molecule has 10 nitrogen and oxygen atoms in total. The third-order valence-corrected chi connectivity index (χ3v) is 7.74. The maximum Gasteiger partial charge on any atom is 0.277 e. The maximum atomic E-state index is 14.1. The van der Waals surface area contributed by atoms with Gasteiger partial charge in [-0.2, -0.15) is 5.10 Å². The van der Waals surface area contributed by atoms with Crippen molar-refractivity contribution in [1.82, 2.24) is 9.78 Å². The zero-order valence-corrected chi connectivity index (χ0v) is 22.3. The molecule has 3 heterocycles. The Morgan fingerprint density at radius 3 is 2.47 bits per heavy atom. The van der Waals surface area contributed by atoms with E-state index in [1.165, 1.54) is 23.6 Å². The number of rotatable bonds is 7. The lowest BCUT2D eigenvalue weighted by Gasteiger charge is -2.31. The number of nitrogens with two attached hydrogens (primary N) is 1. The van der Waals surface area contributed by atoms with Crippen molar-refractivity contribution in [3.05, 3.63) is 53.3 Å². The Balaban J connectivity index is 1.60. The van der Waals surface area contributed by atoms with Gasteiger partial charge in [-0.25, -0.2) is 4.68 Å². The Morgan fingerprint density at radius 1 is 0.974 bits per heavy atom. The van der Waals surface area contributed by atoms with E-state index in [2.05, 4.69) is 5.10 Å². The van der Waals surface area contributed by atoms with Crippen LogP contribution in [0.4, 0.5) is 11.4 Å². The summed E-state index contributed by atoms with van der Waals surface area (Å²) in [6, 6.07) is 10.9. The molecule has 3 amide bonds. The van der Waals surface area contributed by atoms with Crippen LogP contribution in [0, 0.1) is 0 Å². The number of anilines is 2. The molecule has 0 saturated carbocycles. The molecule has 5 rings (SSSR count). The standard InChI is InChI=1S/C27H29N5O5S/c1-36-17-8-10-22(38-3)20(15-17)32-25-18(24(29-32)26(28)34)11-13-31(27(25)35)19-9-7-16(14-21(19)37-2)30-12-5-4-6-23(30)33/h7-10,14-15H,4-6,11-13H2,1-3H3,(H2,28,34). The highest BCUT2D eigenvalue weighted by Crippen LogP contribution is 2.38. The van der Waals surface area contributed by atoms with Crippen molar-refractivity contribution >= 4 is 40.9 Å². The van der Waals surface area contributed by atoms with Crippen molar-refractivity contribution in [3.8, 4) is 17.2 Å². The molecule has 0 bridgehead atoms. The first-order valence-corrected chi connectivity index (χ1v) is 13.5. The molecule has 0 spiro atoms. The van der Waals surface area contributed by atoms with Gasteiger partial charge in [-0.1, -0.05) is 0 Å². The van der Waals surface area contributed by atoms with Crippen LogP contribution in [-0.2, 0) is 11.2 Å². The molecule has 11 heteroatoms. The number of benzene rings is 2. The summed E-state index contributed by atoms with van der Waals surface area (Å²) in [5.41, 5.74) is 8.45. The number of piperidine rings is 1. The van der Waals surface area contributed by atoms with Gasteiger partial charge in [0.05, 0.1) is 25.6 Å². The third kappa shape index (κ3) is 4.36. The minimum Gasteiger partial charge on any atom is -0.497 e. The van der Waals surface area contributed by atoms with Crippen LogP contribution < -0.4 is 25.0 Å². The number of ether oxygens (including phenoxy) is 2. The molecule has 2 aliphatic heterocycles. The van der Waals surface area contributed by atoms with E-state index in [1.54, 1.807) is 35.1 Å². The van der Waals surface area contributed by atoms with Crippen molar-refractivity contribution in [2.24, 2.45) is 5.73 Å². The van der Waals surface area contributed by atoms with Gasteiger partial charge < -0.3 is 25.0 Å². The first-order chi connectivity index (χ1) is 18.4. The summed E-state index contributed by atoms with van der Waals surface area (Å²) >= 11 is 1.49. The molecule has 198 valence electrons. The Kier molecular flexibility index (Phi) is 7.02. The number of carbonyl (C=O) groups excluding carboxylic acids is 3. The number of methoxy groups -OCH3 is 2. The van der Waals surface area contributed by atoms with Gasteiger partial charge in [0, 0.05) is 47.8 Å². The first-order valence-electron chi connectivity index (χ1n) is 12.3. The first kappa shape index (κ1) is 25.7. The molecule has 2 aliphatic rings. The average molecular weight is 536 g/mol. The fourth-order valence-electron chi connectivity index (χ4n) is 5.06. The minimum absolute atomic E-state index is 0.0776. The van der Waals surface area contributed by atoms with Crippen LogP contribution in [-0.4, -0.2) is 61.1 Å². The summed E-state index contributed by atoms with van der Waals surface area (Å²) in [5.74, 6) is 0.122. The fraction of sp³-hybridized carbons (Fsp3) is 0.333. The van der Waals surface area contributed by atoms with E-state index in [1.807, 2.05) is 24.5 Å². The zero-order valence-electron chi connectivity index (χ0n) is 21.5. The second kappa shape index (κ2) is 10.4. The van der Waals surface area contributed by atoms with Crippen molar-refractivity contribution in [2.75, 3.05) is 43.4 Å². The van der Waals surface area contributed by atoms with E-state index in [9.17, 15) is 14.4 Å². The number of nitrogens with zero attached hydrogens (tertiary/aromatic N) is 4. The topological polar surface area (TPSA) is 120 Å². The number of aromatic nitrogens is 2. The summed E-state index contributed by atoms with van der Waals surface area (Å²) < 4.78 is 12.6. The molecule has 3 aromatic rings. The lowest BCUT2D eigenvalue weighted by atomic mass is 10.0. The number of amides is 3. The molecule has 0 radical (unpaired) electrons. The van der Waals surface area contributed by atoms with Crippen LogP contribution in [0.3, 0.4) is 0 Å². The minimum atomic E-state index is -0.692. The van der Waals surface area contributed by atoms with Gasteiger partial charge >= 0.3 is 0 Å². The molecule has 0 aliphatic carbocycles. The second-order valence-corrected chi connectivity index (χ2v) is 9.90. The van der Waals surface area contributed by atoms with Crippen LogP contribution in [0.15, 0.2) is 41.3 Å². The predicted molar refractivity (Wildman–Crippen MR) is 145 cm³/mol. The molecule has 2 aromatic carbocycles. The number of hydrogen-bond acceptors (Lipinski definition) is 7. The van der Waals surface area contributed by atoms with Crippen LogP contribution >= 0.6 is 11.8 Å². The highest BCUT2D eigenvalue weighted by Gasteiger charge is 2.36. The van der Waals surface area contributed by atoms with Gasteiger partial charge in [0.2, 0.25) is 5.91 Å². The summed E-state index contributed by atoms with van der Waals surface area (Å²) in [5, 5.41) is 4.50. The monoisotopic (exact) mass is 535 g/mol. The van der Waals surface area contributed by atoms with Gasteiger partial charge in [0.1, 0.15) is 17.2 Å². The van der Waals surface area contributed by atoms with E-state index in [-0.39, 0.29) is 23.2 Å². The summed E-state index contributed by atoms with van der Waals surface area (Å²) in [4.78, 5) is 43.1. The van der Waals surface area contributed by atoms with Crippen LogP contribution in [0.5, 0.6) is 11.5 Å². The van der Waals surface area contributed by atoms with Gasteiger partial charge in [0.25, 0.3) is 11.8 Å². The van der Waals surface area contributed by atoms with Crippen molar-refractivity contribution in [2.45, 2.75) is 30.6 Å². The number of hydrogen-bond donors (Lipinski definition) is 1. The van der Waals surface area contributed by atoms with E-state index >= 15 is 0 Å².